The highest BCUT2D eigenvalue weighted by molar-refractivity contribution is 7.89. The first-order valence-corrected chi connectivity index (χ1v) is 6.43. The normalized spacial score (nSPS) is 26.4. The van der Waals surface area contributed by atoms with E-state index < -0.39 is 21.9 Å². The molecule has 5 nitrogen and oxygen atoms in total. The molecule has 0 heterocycles. The molecule has 15 heavy (non-hydrogen) atoms. The lowest BCUT2D eigenvalue weighted by Crippen LogP contribution is -2.34. The number of hydrogen-bond acceptors (Lipinski definition) is 3. The summed E-state index contributed by atoms with van der Waals surface area (Å²) in [5.74, 6) is -1.39. The van der Waals surface area contributed by atoms with Crippen LogP contribution in [0.25, 0.3) is 0 Å². The standard InChI is InChI=1S/C9H15NO4S/c1-2-5-15(13,14)10-8-4-3-7(6-8)9(11)12/h2,7-8,10H,1,3-6H2,(H,11,12). The van der Waals surface area contributed by atoms with E-state index in [-0.39, 0.29) is 11.8 Å². The number of carboxylic acids is 1. The second-order valence-corrected chi connectivity index (χ2v) is 5.53. The minimum Gasteiger partial charge on any atom is -0.481 e. The smallest absolute Gasteiger partial charge is 0.306 e. The number of rotatable bonds is 5. The van der Waals surface area contributed by atoms with Crippen molar-refractivity contribution in [1.82, 2.24) is 4.72 Å². The Morgan fingerprint density at radius 3 is 2.67 bits per heavy atom. The zero-order valence-corrected chi connectivity index (χ0v) is 9.16. The Hall–Kier alpha value is -0.880. The Morgan fingerprint density at radius 2 is 2.20 bits per heavy atom. The predicted molar refractivity (Wildman–Crippen MR) is 55.9 cm³/mol. The molecule has 1 fully saturated rings. The van der Waals surface area contributed by atoms with Crippen LogP contribution in [0.1, 0.15) is 19.3 Å². The van der Waals surface area contributed by atoms with E-state index in [0.717, 1.165) is 0 Å². The van der Waals surface area contributed by atoms with Crippen LogP contribution in [0.3, 0.4) is 0 Å². The second kappa shape index (κ2) is 4.76. The van der Waals surface area contributed by atoms with Crippen LogP contribution < -0.4 is 4.72 Å². The van der Waals surface area contributed by atoms with Gasteiger partial charge in [-0.2, -0.15) is 0 Å². The van der Waals surface area contributed by atoms with Crippen LogP contribution in [0.15, 0.2) is 12.7 Å². The number of nitrogens with one attached hydrogen (secondary N) is 1. The molecular formula is C9H15NO4S. The van der Waals surface area contributed by atoms with Gasteiger partial charge in [0, 0.05) is 6.04 Å². The van der Waals surface area contributed by atoms with Gasteiger partial charge in [-0.05, 0) is 19.3 Å². The van der Waals surface area contributed by atoms with Gasteiger partial charge in [-0.1, -0.05) is 6.08 Å². The summed E-state index contributed by atoms with van der Waals surface area (Å²) in [6.45, 7) is 3.35. The van der Waals surface area contributed by atoms with E-state index in [0.29, 0.717) is 19.3 Å². The maximum absolute atomic E-state index is 11.3. The third-order valence-electron chi connectivity index (χ3n) is 2.47. The lowest BCUT2D eigenvalue weighted by atomic mass is 10.1. The van der Waals surface area contributed by atoms with Crippen molar-refractivity contribution in [3.8, 4) is 0 Å². The van der Waals surface area contributed by atoms with Crippen molar-refractivity contribution in [3.05, 3.63) is 12.7 Å². The van der Waals surface area contributed by atoms with Crippen molar-refractivity contribution in [3.63, 3.8) is 0 Å². The zero-order chi connectivity index (χ0) is 11.5. The van der Waals surface area contributed by atoms with Crippen molar-refractivity contribution in [1.29, 1.82) is 0 Å². The number of carboxylic acid groups (broad SMARTS) is 1. The summed E-state index contributed by atoms with van der Waals surface area (Å²) >= 11 is 0. The predicted octanol–water partition coefficient (Wildman–Crippen LogP) is 0.345. The lowest BCUT2D eigenvalue weighted by Gasteiger charge is -2.11. The number of hydrogen-bond donors (Lipinski definition) is 2. The summed E-state index contributed by atoms with van der Waals surface area (Å²) in [6.07, 6.45) is 2.82. The minimum absolute atomic E-state index is 0.124. The molecule has 1 aliphatic rings. The summed E-state index contributed by atoms with van der Waals surface area (Å²) < 4.78 is 25.1. The van der Waals surface area contributed by atoms with Gasteiger partial charge in [-0.15, -0.1) is 6.58 Å². The zero-order valence-electron chi connectivity index (χ0n) is 8.35. The van der Waals surface area contributed by atoms with Gasteiger partial charge in [0.25, 0.3) is 0 Å². The van der Waals surface area contributed by atoms with E-state index in [1.807, 2.05) is 0 Å². The van der Waals surface area contributed by atoms with Gasteiger partial charge in [0.15, 0.2) is 0 Å². The number of aliphatic carboxylic acids is 1. The van der Waals surface area contributed by atoms with Gasteiger partial charge < -0.3 is 5.11 Å². The molecule has 0 bridgehead atoms. The first-order valence-electron chi connectivity index (χ1n) is 4.78. The molecule has 1 aliphatic carbocycles. The van der Waals surface area contributed by atoms with Crippen LogP contribution in [0.5, 0.6) is 0 Å². The molecule has 2 unspecified atom stereocenters. The van der Waals surface area contributed by atoms with Crippen LogP contribution in [-0.2, 0) is 14.8 Å². The fraction of sp³-hybridized carbons (Fsp3) is 0.667. The first kappa shape index (κ1) is 12.2. The molecule has 2 atom stereocenters. The van der Waals surface area contributed by atoms with E-state index >= 15 is 0 Å². The fourth-order valence-corrected chi connectivity index (χ4v) is 2.90. The van der Waals surface area contributed by atoms with E-state index in [1.165, 1.54) is 6.08 Å². The van der Waals surface area contributed by atoms with Crippen molar-refractivity contribution in [2.45, 2.75) is 25.3 Å². The topological polar surface area (TPSA) is 83.5 Å². The van der Waals surface area contributed by atoms with Gasteiger partial charge in [-0.25, -0.2) is 13.1 Å². The molecule has 0 aliphatic heterocycles. The van der Waals surface area contributed by atoms with E-state index in [4.69, 9.17) is 5.11 Å². The summed E-state index contributed by atoms with van der Waals surface area (Å²) in [5, 5.41) is 8.74. The van der Waals surface area contributed by atoms with E-state index in [9.17, 15) is 13.2 Å². The third-order valence-corrected chi connectivity index (χ3v) is 3.83. The van der Waals surface area contributed by atoms with Crippen molar-refractivity contribution in [2.24, 2.45) is 5.92 Å². The Kier molecular flexibility index (Phi) is 3.87. The second-order valence-electron chi connectivity index (χ2n) is 3.73. The van der Waals surface area contributed by atoms with Gasteiger partial charge in [-0.3, -0.25) is 4.79 Å². The maximum Gasteiger partial charge on any atom is 0.306 e. The highest BCUT2D eigenvalue weighted by atomic mass is 32.2. The highest BCUT2D eigenvalue weighted by Gasteiger charge is 2.31. The minimum atomic E-state index is -3.33. The molecule has 2 N–H and O–H groups in total. The Labute approximate surface area is 89.2 Å². The Bertz CT molecular complexity index is 349. The number of carbonyl (C=O) groups is 1. The molecule has 0 radical (unpaired) electrons. The molecule has 0 aromatic carbocycles. The number of sulfonamides is 1. The maximum atomic E-state index is 11.3. The monoisotopic (exact) mass is 233 g/mol. The lowest BCUT2D eigenvalue weighted by molar-refractivity contribution is -0.141. The Balaban J connectivity index is 2.49. The van der Waals surface area contributed by atoms with Crippen LogP contribution >= 0.6 is 0 Å². The van der Waals surface area contributed by atoms with Crippen molar-refractivity contribution < 1.29 is 18.3 Å². The average Bonchev–Trinajstić information content (AvgIpc) is 2.51. The molecule has 1 saturated carbocycles. The Morgan fingerprint density at radius 1 is 1.53 bits per heavy atom. The van der Waals surface area contributed by atoms with Crippen molar-refractivity contribution in [2.75, 3.05) is 5.75 Å². The molecule has 0 spiro atoms. The highest BCUT2D eigenvalue weighted by Crippen LogP contribution is 2.26. The quantitative estimate of drug-likeness (QED) is 0.671. The van der Waals surface area contributed by atoms with Crippen LogP contribution in [0.2, 0.25) is 0 Å². The van der Waals surface area contributed by atoms with Crippen molar-refractivity contribution >= 4 is 16.0 Å². The van der Waals surface area contributed by atoms with Gasteiger partial charge in [0.2, 0.25) is 10.0 Å². The molecule has 6 heteroatoms. The van der Waals surface area contributed by atoms with Gasteiger partial charge >= 0.3 is 5.97 Å². The third kappa shape index (κ3) is 3.64. The van der Waals surface area contributed by atoms with E-state index in [2.05, 4.69) is 11.3 Å². The van der Waals surface area contributed by atoms with Crippen LogP contribution in [0.4, 0.5) is 0 Å². The van der Waals surface area contributed by atoms with Gasteiger partial charge in [0.1, 0.15) is 0 Å². The molecule has 0 aromatic heterocycles. The van der Waals surface area contributed by atoms with Gasteiger partial charge in [0.05, 0.1) is 11.7 Å². The SMILES string of the molecule is C=CCS(=O)(=O)NC1CCC(C(=O)O)C1. The molecule has 86 valence electrons. The summed E-state index contributed by atoms with van der Waals surface area (Å²) in [6, 6.07) is -0.240. The molecule has 0 aromatic rings. The molecular weight excluding hydrogens is 218 g/mol. The summed E-state index contributed by atoms with van der Waals surface area (Å²) in [4.78, 5) is 10.6. The molecule has 0 saturated heterocycles. The summed E-state index contributed by atoms with van der Waals surface area (Å²) in [5.41, 5.74) is 0. The first-order chi connectivity index (χ1) is 6.94. The molecule has 0 amide bonds. The van der Waals surface area contributed by atoms with Crippen LogP contribution in [-0.4, -0.2) is 31.3 Å². The average molecular weight is 233 g/mol. The van der Waals surface area contributed by atoms with Crippen LogP contribution in [0, 0.1) is 5.92 Å². The summed E-state index contributed by atoms with van der Waals surface area (Å²) in [7, 11) is -3.33. The van der Waals surface area contributed by atoms with E-state index in [1.54, 1.807) is 0 Å². The largest absolute Gasteiger partial charge is 0.481 e. The molecule has 1 rings (SSSR count). The fourth-order valence-electron chi connectivity index (χ4n) is 1.77.